The number of rotatable bonds is 7. The molecule has 130 valence electrons. The molecule has 2 rings (SSSR count). The molecule has 0 aliphatic heterocycles. The summed E-state index contributed by atoms with van der Waals surface area (Å²) in [5.41, 5.74) is 0.0726. The SMILES string of the molecule is CCOC(C)c1nc(CN(C)C(=O)CC2(O)CCCCC2)cs1. The van der Waals surface area contributed by atoms with Crippen molar-refractivity contribution in [1.82, 2.24) is 9.88 Å². The number of amides is 1. The van der Waals surface area contributed by atoms with Crippen molar-refractivity contribution in [3.63, 3.8) is 0 Å². The van der Waals surface area contributed by atoms with Crippen molar-refractivity contribution in [2.24, 2.45) is 0 Å². The van der Waals surface area contributed by atoms with Gasteiger partial charge in [-0.3, -0.25) is 4.79 Å². The van der Waals surface area contributed by atoms with Crippen LogP contribution in [0.3, 0.4) is 0 Å². The normalized spacial score (nSPS) is 18.6. The van der Waals surface area contributed by atoms with Crippen molar-refractivity contribution in [1.29, 1.82) is 0 Å². The first kappa shape index (κ1) is 18.4. The molecule has 1 fully saturated rings. The Morgan fingerprint density at radius 1 is 1.48 bits per heavy atom. The van der Waals surface area contributed by atoms with E-state index in [1.54, 1.807) is 23.3 Å². The van der Waals surface area contributed by atoms with E-state index in [1.807, 2.05) is 19.2 Å². The molecule has 0 aromatic carbocycles. The van der Waals surface area contributed by atoms with Crippen molar-refractivity contribution in [2.45, 2.75) is 70.6 Å². The van der Waals surface area contributed by atoms with E-state index in [0.717, 1.165) is 42.8 Å². The molecule has 5 nitrogen and oxygen atoms in total. The number of carbonyl (C=O) groups excluding carboxylic acids is 1. The van der Waals surface area contributed by atoms with Crippen LogP contribution in [-0.2, 0) is 16.1 Å². The van der Waals surface area contributed by atoms with E-state index in [2.05, 4.69) is 4.98 Å². The highest BCUT2D eigenvalue weighted by Gasteiger charge is 2.32. The number of hydrogen-bond acceptors (Lipinski definition) is 5. The summed E-state index contributed by atoms with van der Waals surface area (Å²) in [6, 6.07) is 0. The Hall–Kier alpha value is -0.980. The van der Waals surface area contributed by atoms with Gasteiger partial charge < -0.3 is 14.7 Å². The van der Waals surface area contributed by atoms with Crippen molar-refractivity contribution >= 4 is 17.2 Å². The van der Waals surface area contributed by atoms with Crippen LogP contribution in [0.5, 0.6) is 0 Å². The fraction of sp³-hybridized carbons (Fsp3) is 0.765. The monoisotopic (exact) mass is 340 g/mol. The van der Waals surface area contributed by atoms with E-state index in [0.29, 0.717) is 13.2 Å². The maximum atomic E-state index is 12.4. The third-order valence-corrected chi connectivity index (χ3v) is 5.48. The van der Waals surface area contributed by atoms with E-state index >= 15 is 0 Å². The summed E-state index contributed by atoms with van der Waals surface area (Å²) in [6.45, 7) is 5.09. The molecule has 23 heavy (non-hydrogen) atoms. The summed E-state index contributed by atoms with van der Waals surface area (Å²) in [7, 11) is 1.78. The zero-order chi connectivity index (χ0) is 16.9. The second-order valence-electron chi connectivity index (χ2n) is 6.49. The molecule has 6 heteroatoms. The fourth-order valence-electron chi connectivity index (χ4n) is 3.04. The molecule has 1 aliphatic carbocycles. The van der Waals surface area contributed by atoms with Crippen molar-refractivity contribution < 1.29 is 14.6 Å². The predicted molar refractivity (Wildman–Crippen MR) is 91.3 cm³/mol. The molecule has 0 bridgehead atoms. The van der Waals surface area contributed by atoms with Gasteiger partial charge in [-0.1, -0.05) is 19.3 Å². The molecule has 0 saturated heterocycles. The number of thiazole rings is 1. The van der Waals surface area contributed by atoms with Crippen LogP contribution >= 0.6 is 11.3 Å². The lowest BCUT2D eigenvalue weighted by molar-refractivity contribution is -0.137. The maximum absolute atomic E-state index is 12.4. The summed E-state index contributed by atoms with van der Waals surface area (Å²) in [6.07, 6.45) is 4.86. The highest BCUT2D eigenvalue weighted by Crippen LogP contribution is 2.31. The van der Waals surface area contributed by atoms with Crippen LogP contribution in [0.25, 0.3) is 0 Å². The Morgan fingerprint density at radius 3 is 2.83 bits per heavy atom. The van der Waals surface area contributed by atoms with Gasteiger partial charge in [0.2, 0.25) is 5.91 Å². The van der Waals surface area contributed by atoms with E-state index < -0.39 is 5.60 Å². The van der Waals surface area contributed by atoms with E-state index in [-0.39, 0.29) is 18.4 Å². The van der Waals surface area contributed by atoms with Gasteiger partial charge in [-0.15, -0.1) is 11.3 Å². The number of hydrogen-bond donors (Lipinski definition) is 1. The number of carbonyl (C=O) groups is 1. The van der Waals surface area contributed by atoms with Gasteiger partial charge in [0.15, 0.2) is 0 Å². The van der Waals surface area contributed by atoms with Gasteiger partial charge in [0, 0.05) is 19.0 Å². The highest BCUT2D eigenvalue weighted by atomic mass is 32.1. The quantitative estimate of drug-likeness (QED) is 0.827. The zero-order valence-electron chi connectivity index (χ0n) is 14.4. The van der Waals surface area contributed by atoms with E-state index in [1.165, 1.54) is 0 Å². The molecule has 1 atom stereocenters. The van der Waals surface area contributed by atoms with Crippen molar-refractivity contribution in [2.75, 3.05) is 13.7 Å². The number of aromatic nitrogens is 1. The molecule has 1 aliphatic rings. The number of nitrogens with zero attached hydrogens (tertiary/aromatic N) is 2. The molecule has 1 saturated carbocycles. The molecular formula is C17H28N2O3S. The lowest BCUT2D eigenvalue weighted by Gasteiger charge is -2.32. The summed E-state index contributed by atoms with van der Waals surface area (Å²) < 4.78 is 5.54. The Kier molecular flexibility index (Phi) is 6.56. The standard InChI is InChI=1S/C17H28N2O3S/c1-4-22-13(2)16-18-14(12-23-16)11-19(3)15(20)10-17(21)8-6-5-7-9-17/h12-13,21H,4-11H2,1-3H3. The predicted octanol–water partition coefficient (Wildman–Crippen LogP) is 3.28. The zero-order valence-corrected chi connectivity index (χ0v) is 15.2. The van der Waals surface area contributed by atoms with Crippen LogP contribution in [0.4, 0.5) is 0 Å². The van der Waals surface area contributed by atoms with Crippen LogP contribution < -0.4 is 0 Å². The molecule has 1 amide bonds. The van der Waals surface area contributed by atoms with Gasteiger partial charge >= 0.3 is 0 Å². The lowest BCUT2D eigenvalue weighted by Crippen LogP contribution is -2.39. The van der Waals surface area contributed by atoms with Gasteiger partial charge in [0.1, 0.15) is 11.1 Å². The number of aliphatic hydroxyl groups is 1. The van der Waals surface area contributed by atoms with E-state index in [9.17, 15) is 9.90 Å². The van der Waals surface area contributed by atoms with Crippen LogP contribution in [0.15, 0.2) is 5.38 Å². The summed E-state index contributed by atoms with van der Waals surface area (Å²) in [5.74, 6) is -0.0122. The molecule has 1 aromatic heterocycles. The van der Waals surface area contributed by atoms with E-state index in [4.69, 9.17) is 4.74 Å². The first-order valence-electron chi connectivity index (χ1n) is 8.46. The Morgan fingerprint density at radius 2 is 2.17 bits per heavy atom. The van der Waals surface area contributed by atoms with Crippen LogP contribution in [0.2, 0.25) is 0 Å². The van der Waals surface area contributed by atoms with Gasteiger partial charge in [0.05, 0.1) is 24.3 Å². The maximum Gasteiger partial charge on any atom is 0.225 e. The third kappa shape index (κ3) is 5.26. The van der Waals surface area contributed by atoms with Gasteiger partial charge in [0.25, 0.3) is 0 Å². The third-order valence-electron chi connectivity index (χ3n) is 4.42. The summed E-state index contributed by atoms with van der Waals surface area (Å²) in [5, 5.41) is 13.4. The first-order valence-corrected chi connectivity index (χ1v) is 9.34. The minimum absolute atomic E-state index is 0.0114. The molecule has 0 radical (unpaired) electrons. The fourth-order valence-corrected chi connectivity index (χ4v) is 3.85. The largest absolute Gasteiger partial charge is 0.389 e. The molecular weight excluding hydrogens is 312 g/mol. The molecule has 1 heterocycles. The Bertz CT molecular complexity index is 512. The Balaban J connectivity index is 1.88. The van der Waals surface area contributed by atoms with Crippen molar-refractivity contribution in [3.8, 4) is 0 Å². The smallest absolute Gasteiger partial charge is 0.225 e. The molecule has 1 unspecified atom stereocenters. The van der Waals surface area contributed by atoms with Gasteiger partial charge in [-0.25, -0.2) is 4.98 Å². The van der Waals surface area contributed by atoms with Crippen LogP contribution in [0, 0.1) is 0 Å². The second-order valence-corrected chi connectivity index (χ2v) is 7.38. The second kappa shape index (κ2) is 8.22. The van der Waals surface area contributed by atoms with Gasteiger partial charge in [-0.05, 0) is 26.7 Å². The van der Waals surface area contributed by atoms with Gasteiger partial charge in [-0.2, -0.15) is 0 Å². The minimum atomic E-state index is -0.805. The van der Waals surface area contributed by atoms with Crippen molar-refractivity contribution in [3.05, 3.63) is 16.1 Å². The summed E-state index contributed by atoms with van der Waals surface area (Å²) >= 11 is 1.56. The Labute approximate surface area is 142 Å². The van der Waals surface area contributed by atoms with Crippen LogP contribution in [-0.4, -0.2) is 40.2 Å². The lowest BCUT2D eigenvalue weighted by atomic mass is 9.82. The topological polar surface area (TPSA) is 62.7 Å². The molecule has 0 spiro atoms. The average Bonchev–Trinajstić information content (AvgIpc) is 2.96. The highest BCUT2D eigenvalue weighted by molar-refractivity contribution is 7.09. The van der Waals surface area contributed by atoms with Crippen LogP contribution in [0.1, 0.15) is 69.2 Å². The number of ether oxygens (including phenoxy) is 1. The minimum Gasteiger partial charge on any atom is -0.389 e. The summed E-state index contributed by atoms with van der Waals surface area (Å²) in [4.78, 5) is 18.6. The molecule has 1 aromatic rings. The average molecular weight is 340 g/mol. The molecule has 1 N–H and O–H groups in total. The first-order chi connectivity index (χ1) is 10.9.